The summed E-state index contributed by atoms with van der Waals surface area (Å²) in [6.45, 7) is 4.59. The Hall–Kier alpha value is -2.10. The Kier molecular flexibility index (Phi) is 6.25. The summed E-state index contributed by atoms with van der Waals surface area (Å²) in [7, 11) is 0. The highest BCUT2D eigenvalue weighted by Gasteiger charge is 1.94. The van der Waals surface area contributed by atoms with Crippen LogP contribution in [0.4, 0.5) is 0 Å². The maximum absolute atomic E-state index is 11.1. The lowest BCUT2D eigenvalue weighted by atomic mass is 10.1. The third kappa shape index (κ3) is 5.30. The van der Waals surface area contributed by atoms with Crippen molar-refractivity contribution in [3.63, 3.8) is 0 Å². The topological polar surface area (TPSA) is 47.9 Å². The van der Waals surface area contributed by atoms with Crippen LogP contribution in [0.15, 0.2) is 35.5 Å². The molecule has 0 aliphatic rings. The van der Waals surface area contributed by atoms with E-state index in [-0.39, 0.29) is 5.97 Å². The van der Waals surface area contributed by atoms with E-state index in [0.717, 1.165) is 11.1 Å². The molecule has 0 unspecified atom stereocenters. The molecular weight excluding hydrogens is 230 g/mol. The van der Waals surface area contributed by atoms with Crippen LogP contribution in [0.1, 0.15) is 25.0 Å². The van der Waals surface area contributed by atoms with Crippen LogP contribution in [-0.2, 0) is 14.4 Å². The first-order valence-corrected chi connectivity index (χ1v) is 5.86. The van der Waals surface area contributed by atoms with Crippen molar-refractivity contribution in [2.24, 2.45) is 5.16 Å². The van der Waals surface area contributed by atoms with Gasteiger partial charge in [0, 0.05) is 6.08 Å². The zero-order valence-electron chi connectivity index (χ0n) is 10.6. The molecule has 0 aromatic heterocycles. The van der Waals surface area contributed by atoms with Gasteiger partial charge in [-0.2, -0.15) is 0 Å². The van der Waals surface area contributed by atoms with Gasteiger partial charge in [-0.3, -0.25) is 0 Å². The normalized spacial score (nSPS) is 11.0. The predicted molar refractivity (Wildman–Crippen MR) is 71.3 cm³/mol. The third-order valence-corrected chi connectivity index (χ3v) is 2.04. The number of nitrogens with zero attached hydrogens (tertiary/aromatic N) is 1. The van der Waals surface area contributed by atoms with Crippen LogP contribution in [0, 0.1) is 0 Å². The molecule has 0 aliphatic heterocycles. The van der Waals surface area contributed by atoms with Crippen LogP contribution in [0.2, 0.25) is 0 Å². The molecule has 4 nitrogen and oxygen atoms in total. The second-order valence-corrected chi connectivity index (χ2v) is 3.40. The maximum Gasteiger partial charge on any atom is 0.330 e. The van der Waals surface area contributed by atoms with Gasteiger partial charge in [-0.25, -0.2) is 4.79 Å². The monoisotopic (exact) mass is 247 g/mol. The smallest absolute Gasteiger partial charge is 0.330 e. The van der Waals surface area contributed by atoms with Crippen molar-refractivity contribution in [2.45, 2.75) is 13.8 Å². The maximum atomic E-state index is 11.1. The highest BCUT2D eigenvalue weighted by atomic mass is 16.6. The van der Waals surface area contributed by atoms with E-state index >= 15 is 0 Å². The zero-order valence-corrected chi connectivity index (χ0v) is 10.6. The molecule has 4 heteroatoms. The van der Waals surface area contributed by atoms with E-state index in [2.05, 4.69) is 5.16 Å². The van der Waals surface area contributed by atoms with Gasteiger partial charge in [0.1, 0.15) is 6.61 Å². The first-order chi connectivity index (χ1) is 8.76. The molecule has 0 N–H and O–H groups in total. The Morgan fingerprint density at radius 1 is 1.17 bits per heavy atom. The lowest BCUT2D eigenvalue weighted by molar-refractivity contribution is -0.137. The van der Waals surface area contributed by atoms with E-state index < -0.39 is 0 Å². The molecule has 1 rings (SSSR count). The minimum absolute atomic E-state index is 0.334. The largest absolute Gasteiger partial charge is 0.463 e. The highest BCUT2D eigenvalue weighted by Crippen LogP contribution is 2.05. The number of carbonyl (C=O) groups excluding carboxylic acids is 1. The van der Waals surface area contributed by atoms with Crippen LogP contribution in [0.5, 0.6) is 0 Å². The van der Waals surface area contributed by atoms with Gasteiger partial charge >= 0.3 is 5.97 Å². The molecule has 0 spiro atoms. The number of rotatable bonds is 6. The number of hydrogen-bond donors (Lipinski definition) is 0. The molecule has 0 bridgehead atoms. The van der Waals surface area contributed by atoms with Gasteiger partial charge in [0.05, 0.1) is 12.8 Å². The molecule has 0 radical (unpaired) electrons. The fourth-order valence-electron chi connectivity index (χ4n) is 1.22. The first kappa shape index (κ1) is 14.0. The lowest BCUT2D eigenvalue weighted by Crippen LogP contribution is -1.98. The van der Waals surface area contributed by atoms with Crippen LogP contribution >= 0.6 is 0 Å². The van der Waals surface area contributed by atoms with Gasteiger partial charge in [-0.1, -0.05) is 29.4 Å². The molecule has 0 heterocycles. The molecule has 0 saturated heterocycles. The first-order valence-electron chi connectivity index (χ1n) is 5.86. The summed E-state index contributed by atoms with van der Waals surface area (Å²) in [4.78, 5) is 16.0. The molecule has 0 amide bonds. The van der Waals surface area contributed by atoms with Crippen molar-refractivity contribution >= 4 is 18.3 Å². The Morgan fingerprint density at radius 3 is 2.44 bits per heavy atom. The summed E-state index contributed by atoms with van der Waals surface area (Å²) in [5.41, 5.74) is 1.87. The summed E-state index contributed by atoms with van der Waals surface area (Å²) >= 11 is 0. The standard InChI is InChI=1S/C14H17NO3/c1-3-17-14(16)10-9-12-5-7-13(8-6-12)11-15-18-4-2/h5-11H,3-4H2,1-2H3. The quantitative estimate of drug-likeness (QED) is 0.336. The number of oxime groups is 1. The van der Waals surface area contributed by atoms with E-state index in [1.165, 1.54) is 6.08 Å². The Balaban J connectivity index is 2.57. The number of ether oxygens (including phenoxy) is 1. The Bertz CT molecular complexity index is 421. The molecule has 0 saturated carbocycles. The minimum Gasteiger partial charge on any atom is -0.463 e. The van der Waals surface area contributed by atoms with Crippen molar-refractivity contribution in [3.05, 3.63) is 41.5 Å². The van der Waals surface area contributed by atoms with E-state index in [4.69, 9.17) is 9.57 Å². The van der Waals surface area contributed by atoms with E-state index in [1.807, 2.05) is 31.2 Å². The van der Waals surface area contributed by atoms with Crippen LogP contribution in [-0.4, -0.2) is 25.4 Å². The molecule has 1 aromatic carbocycles. The fourth-order valence-corrected chi connectivity index (χ4v) is 1.22. The molecule has 96 valence electrons. The summed E-state index contributed by atoms with van der Waals surface area (Å²) < 4.78 is 4.79. The predicted octanol–water partition coefficient (Wildman–Crippen LogP) is 2.63. The lowest BCUT2D eigenvalue weighted by Gasteiger charge is -1.97. The van der Waals surface area contributed by atoms with Gasteiger partial charge in [0.25, 0.3) is 0 Å². The van der Waals surface area contributed by atoms with E-state index in [1.54, 1.807) is 19.2 Å². The van der Waals surface area contributed by atoms with Crippen LogP contribution in [0.3, 0.4) is 0 Å². The average molecular weight is 247 g/mol. The minimum atomic E-state index is -0.334. The van der Waals surface area contributed by atoms with Crippen molar-refractivity contribution in [1.82, 2.24) is 0 Å². The van der Waals surface area contributed by atoms with E-state index in [9.17, 15) is 4.79 Å². The SMILES string of the molecule is CCON=Cc1ccc(C=CC(=O)OCC)cc1. The van der Waals surface area contributed by atoms with Gasteiger partial charge in [-0.05, 0) is 31.1 Å². The van der Waals surface area contributed by atoms with Crippen molar-refractivity contribution < 1.29 is 14.4 Å². The molecular formula is C14H17NO3. The fraction of sp³-hybridized carbons (Fsp3) is 0.286. The Morgan fingerprint density at radius 2 is 1.83 bits per heavy atom. The second kappa shape index (κ2) is 8.06. The van der Waals surface area contributed by atoms with Crippen LogP contribution in [0.25, 0.3) is 6.08 Å². The summed E-state index contributed by atoms with van der Waals surface area (Å²) in [6, 6.07) is 7.58. The van der Waals surface area contributed by atoms with E-state index in [0.29, 0.717) is 13.2 Å². The number of benzene rings is 1. The molecule has 0 fully saturated rings. The molecule has 1 aromatic rings. The van der Waals surface area contributed by atoms with Gasteiger partial charge in [0.15, 0.2) is 0 Å². The highest BCUT2D eigenvalue weighted by molar-refractivity contribution is 5.87. The number of esters is 1. The van der Waals surface area contributed by atoms with Crippen molar-refractivity contribution in [1.29, 1.82) is 0 Å². The van der Waals surface area contributed by atoms with Gasteiger partial charge in [0.2, 0.25) is 0 Å². The van der Waals surface area contributed by atoms with Crippen molar-refractivity contribution in [3.8, 4) is 0 Å². The van der Waals surface area contributed by atoms with Gasteiger partial charge < -0.3 is 9.57 Å². The summed E-state index contributed by atoms with van der Waals surface area (Å²) in [5.74, 6) is -0.334. The summed E-state index contributed by atoms with van der Waals surface area (Å²) in [6.07, 6.45) is 4.76. The second-order valence-electron chi connectivity index (χ2n) is 3.40. The third-order valence-electron chi connectivity index (χ3n) is 2.04. The average Bonchev–Trinajstić information content (AvgIpc) is 2.38. The molecule has 0 aliphatic carbocycles. The van der Waals surface area contributed by atoms with Crippen LogP contribution < -0.4 is 0 Å². The molecule has 0 atom stereocenters. The van der Waals surface area contributed by atoms with Crippen molar-refractivity contribution in [2.75, 3.05) is 13.2 Å². The summed E-state index contributed by atoms with van der Waals surface area (Å²) in [5, 5.41) is 3.77. The Labute approximate surface area is 107 Å². The molecule has 18 heavy (non-hydrogen) atoms. The zero-order chi connectivity index (χ0) is 13.2. The number of carbonyl (C=O) groups is 1. The number of hydrogen-bond acceptors (Lipinski definition) is 4. The van der Waals surface area contributed by atoms with Gasteiger partial charge in [-0.15, -0.1) is 0 Å².